The van der Waals surface area contributed by atoms with Crippen LogP contribution in [0.5, 0.6) is 0 Å². The van der Waals surface area contributed by atoms with E-state index in [1.807, 2.05) is 24.5 Å². The maximum absolute atomic E-state index is 4.56. The molecule has 0 atom stereocenters. The Morgan fingerprint density at radius 1 is 0.762 bits per heavy atom. The minimum Gasteiger partial charge on any atom is -0.301 e. The molecule has 21 heavy (non-hydrogen) atoms. The Hall–Kier alpha value is -2.94. The third kappa shape index (κ3) is 1.37. The van der Waals surface area contributed by atoms with Crippen molar-refractivity contribution in [1.29, 1.82) is 0 Å². The van der Waals surface area contributed by atoms with Crippen molar-refractivity contribution >= 4 is 38.2 Å². The molecule has 0 fully saturated rings. The van der Waals surface area contributed by atoms with Crippen LogP contribution in [0.15, 0.2) is 67.1 Å². The van der Waals surface area contributed by atoms with Gasteiger partial charge in [-0.25, -0.2) is 4.98 Å². The van der Waals surface area contributed by atoms with Crippen molar-refractivity contribution in [2.24, 2.45) is 0 Å². The van der Waals surface area contributed by atoms with E-state index in [0.29, 0.717) is 0 Å². The van der Waals surface area contributed by atoms with Crippen LogP contribution in [0.3, 0.4) is 0 Å². The molecule has 0 amide bonds. The van der Waals surface area contributed by atoms with E-state index in [0.717, 1.165) is 16.6 Å². The predicted octanol–water partition coefficient (Wildman–Crippen LogP) is 4.19. The van der Waals surface area contributed by atoms with E-state index in [1.165, 1.54) is 21.7 Å². The normalized spacial score (nSPS) is 11.8. The lowest BCUT2D eigenvalue weighted by atomic mass is 10.0. The van der Waals surface area contributed by atoms with Crippen molar-refractivity contribution in [2.45, 2.75) is 0 Å². The zero-order valence-electron chi connectivity index (χ0n) is 11.2. The molecule has 0 saturated carbocycles. The number of rotatable bonds is 0. The van der Waals surface area contributed by atoms with Crippen LogP contribution < -0.4 is 0 Å². The standard InChI is InChI=1S/C18H11N3/c1-4-12-10-14-13-5-2-8-20-18(13)21-9-3-6-17(21)15(14)11-16(12)19-7-1/h1-11H. The first-order valence-electron chi connectivity index (χ1n) is 6.94. The zero-order valence-corrected chi connectivity index (χ0v) is 11.2. The molecule has 0 bridgehead atoms. The Morgan fingerprint density at radius 3 is 2.67 bits per heavy atom. The van der Waals surface area contributed by atoms with Crippen LogP contribution in [0.25, 0.3) is 38.2 Å². The van der Waals surface area contributed by atoms with Crippen molar-refractivity contribution in [2.75, 3.05) is 0 Å². The Labute approximate surface area is 120 Å². The van der Waals surface area contributed by atoms with Crippen LogP contribution in [-0.4, -0.2) is 14.4 Å². The number of hydrogen-bond donors (Lipinski definition) is 0. The first kappa shape index (κ1) is 10.8. The molecule has 0 unspecified atom stereocenters. The highest BCUT2D eigenvalue weighted by atomic mass is 15.0. The molecule has 0 N–H and O–H groups in total. The lowest BCUT2D eigenvalue weighted by molar-refractivity contribution is 1.21. The number of nitrogens with zero attached hydrogens (tertiary/aromatic N) is 3. The highest BCUT2D eigenvalue weighted by Gasteiger charge is 2.09. The molecular formula is C18H11N3. The average Bonchev–Trinajstić information content (AvgIpc) is 3.03. The lowest BCUT2D eigenvalue weighted by Gasteiger charge is -2.09. The molecule has 4 aromatic heterocycles. The van der Waals surface area contributed by atoms with Gasteiger partial charge in [0.25, 0.3) is 0 Å². The summed E-state index contributed by atoms with van der Waals surface area (Å²) < 4.78 is 2.15. The summed E-state index contributed by atoms with van der Waals surface area (Å²) in [5.74, 6) is 0. The van der Waals surface area contributed by atoms with Gasteiger partial charge in [0.15, 0.2) is 0 Å². The zero-order chi connectivity index (χ0) is 13.8. The van der Waals surface area contributed by atoms with E-state index in [-0.39, 0.29) is 0 Å². The van der Waals surface area contributed by atoms with Crippen molar-refractivity contribution in [1.82, 2.24) is 14.4 Å². The summed E-state index contributed by atoms with van der Waals surface area (Å²) in [5.41, 5.74) is 3.19. The smallest absolute Gasteiger partial charge is 0.144 e. The van der Waals surface area contributed by atoms with Gasteiger partial charge in [-0.05, 0) is 47.9 Å². The molecular weight excluding hydrogens is 258 g/mol. The van der Waals surface area contributed by atoms with Crippen LogP contribution in [0, 0.1) is 0 Å². The molecule has 0 radical (unpaired) electrons. The number of pyridine rings is 3. The second-order valence-corrected chi connectivity index (χ2v) is 5.23. The molecule has 0 aliphatic rings. The van der Waals surface area contributed by atoms with Gasteiger partial charge in [-0.1, -0.05) is 6.07 Å². The van der Waals surface area contributed by atoms with Gasteiger partial charge >= 0.3 is 0 Å². The van der Waals surface area contributed by atoms with Crippen molar-refractivity contribution in [3.63, 3.8) is 0 Å². The van der Waals surface area contributed by atoms with E-state index in [2.05, 4.69) is 57.0 Å². The molecule has 0 aliphatic heterocycles. The minimum absolute atomic E-state index is 0.994. The summed E-state index contributed by atoms with van der Waals surface area (Å²) in [5, 5.41) is 4.77. The second kappa shape index (κ2) is 3.79. The first-order chi connectivity index (χ1) is 10.4. The Bertz CT molecular complexity index is 1140. The Morgan fingerprint density at radius 2 is 1.67 bits per heavy atom. The highest BCUT2D eigenvalue weighted by Crippen LogP contribution is 2.31. The summed E-state index contributed by atoms with van der Waals surface area (Å²) in [4.78, 5) is 9.04. The fourth-order valence-corrected chi connectivity index (χ4v) is 3.14. The number of hydrogen-bond acceptors (Lipinski definition) is 2. The maximum atomic E-state index is 4.56. The molecule has 0 spiro atoms. The largest absolute Gasteiger partial charge is 0.301 e. The Balaban J connectivity index is 2.18. The molecule has 0 saturated heterocycles. The minimum atomic E-state index is 0.994. The van der Waals surface area contributed by atoms with E-state index in [9.17, 15) is 0 Å². The molecule has 98 valence electrons. The van der Waals surface area contributed by atoms with Gasteiger partial charge in [0.2, 0.25) is 0 Å². The van der Waals surface area contributed by atoms with Crippen molar-refractivity contribution in [3.8, 4) is 0 Å². The van der Waals surface area contributed by atoms with Gasteiger partial charge < -0.3 is 4.40 Å². The Kier molecular flexibility index (Phi) is 1.95. The fourth-order valence-electron chi connectivity index (χ4n) is 3.14. The summed E-state index contributed by atoms with van der Waals surface area (Å²) in [6, 6.07) is 16.8. The fraction of sp³-hybridized carbons (Fsp3) is 0. The summed E-state index contributed by atoms with van der Waals surface area (Å²) in [6.45, 7) is 0. The number of benzene rings is 1. The van der Waals surface area contributed by atoms with Gasteiger partial charge in [-0.2, -0.15) is 0 Å². The number of aromatic nitrogens is 3. The topological polar surface area (TPSA) is 30.2 Å². The van der Waals surface area contributed by atoms with Crippen LogP contribution in [0.4, 0.5) is 0 Å². The summed E-state index contributed by atoms with van der Waals surface area (Å²) in [6.07, 6.45) is 5.75. The van der Waals surface area contributed by atoms with Crippen molar-refractivity contribution in [3.05, 3.63) is 67.1 Å². The van der Waals surface area contributed by atoms with Crippen LogP contribution in [0.2, 0.25) is 0 Å². The van der Waals surface area contributed by atoms with Gasteiger partial charge in [0, 0.05) is 34.7 Å². The van der Waals surface area contributed by atoms with E-state index in [1.54, 1.807) is 0 Å². The van der Waals surface area contributed by atoms with Gasteiger partial charge in [-0.15, -0.1) is 0 Å². The first-order valence-corrected chi connectivity index (χ1v) is 6.94. The molecule has 5 rings (SSSR count). The van der Waals surface area contributed by atoms with Crippen molar-refractivity contribution < 1.29 is 0 Å². The maximum Gasteiger partial charge on any atom is 0.144 e. The van der Waals surface area contributed by atoms with E-state index < -0.39 is 0 Å². The molecule has 3 nitrogen and oxygen atoms in total. The number of fused-ring (bicyclic) bond motifs is 7. The third-order valence-corrected chi connectivity index (χ3v) is 4.07. The van der Waals surface area contributed by atoms with E-state index in [4.69, 9.17) is 0 Å². The van der Waals surface area contributed by atoms with Crippen LogP contribution >= 0.6 is 0 Å². The van der Waals surface area contributed by atoms with Gasteiger partial charge in [-0.3, -0.25) is 4.98 Å². The van der Waals surface area contributed by atoms with Crippen LogP contribution in [-0.2, 0) is 0 Å². The van der Waals surface area contributed by atoms with Gasteiger partial charge in [0.1, 0.15) is 5.65 Å². The predicted molar refractivity (Wildman–Crippen MR) is 85.5 cm³/mol. The van der Waals surface area contributed by atoms with Gasteiger partial charge in [0.05, 0.1) is 11.0 Å². The summed E-state index contributed by atoms with van der Waals surface area (Å²) >= 11 is 0. The molecule has 3 heteroatoms. The molecule has 4 heterocycles. The monoisotopic (exact) mass is 269 g/mol. The molecule has 1 aromatic carbocycles. The summed E-state index contributed by atoms with van der Waals surface area (Å²) in [7, 11) is 0. The SMILES string of the molecule is c1cnc2cc3c(cc2c1)c1cccnc1n1cccc31. The third-order valence-electron chi connectivity index (χ3n) is 4.07. The molecule has 0 aliphatic carbocycles. The molecule has 5 aromatic rings. The lowest BCUT2D eigenvalue weighted by Crippen LogP contribution is -1.92. The second-order valence-electron chi connectivity index (χ2n) is 5.23. The quantitative estimate of drug-likeness (QED) is 0.312. The highest BCUT2D eigenvalue weighted by molar-refractivity contribution is 6.15. The van der Waals surface area contributed by atoms with Crippen LogP contribution in [0.1, 0.15) is 0 Å². The van der Waals surface area contributed by atoms with E-state index >= 15 is 0 Å². The average molecular weight is 269 g/mol.